The zero-order valence-corrected chi connectivity index (χ0v) is 8.26. The quantitative estimate of drug-likeness (QED) is 0.634. The van der Waals surface area contributed by atoms with E-state index in [1.807, 2.05) is 0 Å². The van der Waals surface area contributed by atoms with Gasteiger partial charge in [0.2, 0.25) is 0 Å². The van der Waals surface area contributed by atoms with E-state index in [1.54, 1.807) is 24.3 Å². The second kappa shape index (κ2) is 5.48. The number of aliphatic hydroxyl groups is 2. The number of carbonyl (C=O) groups is 1. The molecule has 0 saturated heterocycles. The first-order valence-corrected chi connectivity index (χ1v) is 4.78. The van der Waals surface area contributed by atoms with Crippen molar-refractivity contribution in [2.24, 2.45) is 0 Å². The smallest absolute Gasteiger partial charge is 0.335 e. The van der Waals surface area contributed by atoms with Gasteiger partial charge < -0.3 is 15.3 Å². The van der Waals surface area contributed by atoms with Crippen LogP contribution >= 0.6 is 0 Å². The summed E-state index contributed by atoms with van der Waals surface area (Å²) in [4.78, 5) is 10.8. The molecule has 0 heterocycles. The summed E-state index contributed by atoms with van der Waals surface area (Å²) in [6.07, 6.45) is 0.0395. The molecule has 4 heteroatoms. The lowest BCUT2D eigenvalue weighted by Gasteiger charge is -2.06. The molecule has 0 bridgehead atoms. The molecule has 82 valence electrons. The van der Waals surface area contributed by atoms with E-state index in [-0.39, 0.29) is 12.0 Å². The number of carboxylic acids is 1. The van der Waals surface area contributed by atoms with Crippen molar-refractivity contribution in [3.05, 3.63) is 35.4 Å². The van der Waals surface area contributed by atoms with Gasteiger partial charge in [0.05, 0.1) is 5.56 Å². The molecule has 4 nitrogen and oxygen atoms in total. The molecule has 0 aliphatic heterocycles. The van der Waals surface area contributed by atoms with Gasteiger partial charge in [-0.05, 0) is 30.9 Å². The molecule has 0 unspecified atom stereocenters. The molecule has 0 radical (unpaired) electrons. The van der Waals surface area contributed by atoms with Gasteiger partial charge in [-0.15, -0.1) is 0 Å². The summed E-state index contributed by atoms with van der Waals surface area (Å²) in [6.45, 7) is 0. The van der Waals surface area contributed by atoms with E-state index < -0.39 is 12.3 Å². The Hall–Kier alpha value is -1.39. The van der Waals surface area contributed by atoms with Crippen LogP contribution in [0.25, 0.3) is 0 Å². The summed E-state index contributed by atoms with van der Waals surface area (Å²) in [6, 6.07) is 6.74. The van der Waals surface area contributed by atoms with Gasteiger partial charge in [0.25, 0.3) is 0 Å². The van der Waals surface area contributed by atoms with Crippen LogP contribution in [0.3, 0.4) is 0 Å². The number of carboxylic acid groups (broad SMARTS) is 1. The molecule has 0 spiro atoms. The Morgan fingerprint density at radius 3 is 2.53 bits per heavy atom. The standard InChI is InChI=1S/C11H14O4/c12-10(13)7-3-5-8-4-1-2-6-9(8)11(14)15/h1-2,4,6,10,12-13H,3,5,7H2,(H,14,15). The summed E-state index contributed by atoms with van der Waals surface area (Å²) in [5.41, 5.74) is 1.01. The van der Waals surface area contributed by atoms with Crippen molar-refractivity contribution in [1.82, 2.24) is 0 Å². The van der Waals surface area contributed by atoms with Crippen LogP contribution in [0.1, 0.15) is 28.8 Å². The Morgan fingerprint density at radius 1 is 1.27 bits per heavy atom. The predicted molar refractivity (Wildman–Crippen MR) is 54.6 cm³/mol. The Morgan fingerprint density at radius 2 is 1.93 bits per heavy atom. The Labute approximate surface area is 87.8 Å². The number of aliphatic hydroxyl groups excluding tert-OH is 1. The lowest BCUT2D eigenvalue weighted by molar-refractivity contribution is -0.0461. The van der Waals surface area contributed by atoms with Gasteiger partial charge in [0.1, 0.15) is 0 Å². The number of rotatable bonds is 5. The normalized spacial score (nSPS) is 10.6. The van der Waals surface area contributed by atoms with Crippen LogP contribution in [-0.4, -0.2) is 27.6 Å². The van der Waals surface area contributed by atoms with Crippen molar-refractivity contribution < 1.29 is 20.1 Å². The van der Waals surface area contributed by atoms with Crippen LogP contribution < -0.4 is 0 Å². The minimum Gasteiger partial charge on any atom is -0.478 e. The molecule has 1 rings (SSSR count). The zero-order chi connectivity index (χ0) is 11.3. The summed E-state index contributed by atoms with van der Waals surface area (Å²) in [5, 5.41) is 26.2. The fraction of sp³-hybridized carbons (Fsp3) is 0.364. The highest BCUT2D eigenvalue weighted by molar-refractivity contribution is 5.89. The molecule has 0 amide bonds. The second-order valence-corrected chi connectivity index (χ2v) is 3.34. The molecule has 0 fully saturated rings. The maximum Gasteiger partial charge on any atom is 0.335 e. The van der Waals surface area contributed by atoms with Gasteiger partial charge in [-0.25, -0.2) is 4.79 Å². The molecule has 1 aromatic carbocycles. The van der Waals surface area contributed by atoms with Gasteiger partial charge >= 0.3 is 5.97 Å². The maximum atomic E-state index is 10.8. The average Bonchev–Trinajstić information content (AvgIpc) is 2.17. The van der Waals surface area contributed by atoms with Crippen LogP contribution in [0.5, 0.6) is 0 Å². The number of aromatic carboxylic acids is 1. The van der Waals surface area contributed by atoms with Crippen molar-refractivity contribution in [2.45, 2.75) is 25.6 Å². The molecule has 0 saturated carbocycles. The highest BCUT2D eigenvalue weighted by atomic mass is 16.5. The minimum atomic E-state index is -1.32. The SMILES string of the molecule is O=C(O)c1ccccc1CCCC(O)O. The monoisotopic (exact) mass is 210 g/mol. The van der Waals surface area contributed by atoms with Gasteiger partial charge in [0, 0.05) is 0 Å². The van der Waals surface area contributed by atoms with Crippen LogP contribution in [-0.2, 0) is 6.42 Å². The molecule has 0 aliphatic rings. The first-order valence-electron chi connectivity index (χ1n) is 4.78. The van der Waals surface area contributed by atoms with Crippen LogP contribution in [0.4, 0.5) is 0 Å². The zero-order valence-electron chi connectivity index (χ0n) is 8.26. The molecule has 0 aliphatic carbocycles. The molecule has 0 atom stereocenters. The molecular formula is C11H14O4. The average molecular weight is 210 g/mol. The summed E-state index contributed by atoms with van der Waals surface area (Å²) in [7, 11) is 0. The van der Waals surface area contributed by atoms with Gasteiger partial charge in [0.15, 0.2) is 6.29 Å². The van der Waals surface area contributed by atoms with Crippen molar-refractivity contribution in [2.75, 3.05) is 0 Å². The number of aryl methyl sites for hydroxylation is 1. The van der Waals surface area contributed by atoms with Crippen LogP contribution in [0.15, 0.2) is 24.3 Å². The van der Waals surface area contributed by atoms with Gasteiger partial charge in [-0.1, -0.05) is 18.2 Å². The van der Waals surface area contributed by atoms with Crippen molar-refractivity contribution in [3.63, 3.8) is 0 Å². The Bertz CT molecular complexity index is 333. The number of hydrogen-bond donors (Lipinski definition) is 3. The second-order valence-electron chi connectivity index (χ2n) is 3.34. The molecule has 3 N–H and O–H groups in total. The summed E-state index contributed by atoms with van der Waals surface area (Å²) >= 11 is 0. The molecule has 0 aromatic heterocycles. The maximum absolute atomic E-state index is 10.8. The van der Waals surface area contributed by atoms with Crippen molar-refractivity contribution in [1.29, 1.82) is 0 Å². The fourth-order valence-electron chi connectivity index (χ4n) is 1.42. The largest absolute Gasteiger partial charge is 0.478 e. The molecular weight excluding hydrogens is 196 g/mol. The lowest BCUT2D eigenvalue weighted by Crippen LogP contribution is -2.06. The van der Waals surface area contributed by atoms with E-state index in [2.05, 4.69) is 0 Å². The third-order valence-corrected chi connectivity index (χ3v) is 2.16. The lowest BCUT2D eigenvalue weighted by atomic mass is 10.0. The fourth-order valence-corrected chi connectivity index (χ4v) is 1.42. The predicted octanol–water partition coefficient (Wildman–Crippen LogP) is 1.02. The van der Waals surface area contributed by atoms with Gasteiger partial charge in [-0.3, -0.25) is 0 Å². The minimum absolute atomic E-state index is 0.258. The highest BCUT2D eigenvalue weighted by Crippen LogP contribution is 2.12. The Balaban J connectivity index is 2.63. The van der Waals surface area contributed by atoms with E-state index in [9.17, 15) is 4.79 Å². The Kier molecular flexibility index (Phi) is 4.27. The van der Waals surface area contributed by atoms with Crippen LogP contribution in [0.2, 0.25) is 0 Å². The van der Waals surface area contributed by atoms with E-state index >= 15 is 0 Å². The number of benzene rings is 1. The molecule has 1 aromatic rings. The van der Waals surface area contributed by atoms with Crippen molar-refractivity contribution in [3.8, 4) is 0 Å². The molecule has 15 heavy (non-hydrogen) atoms. The summed E-state index contributed by atoms with van der Waals surface area (Å²) < 4.78 is 0. The topological polar surface area (TPSA) is 77.8 Å². The van der Waals surface area contributed by atoms with E-state index in [0.29, 0.717) is 12.8 Å². The van der Waals surface area contributed by atoms with E-state index in [0.717, 1.165) is 5.56 Å². The number of hydrogen-bond acceptors (Lipinski definition) is 3. The highest BCUT2D eigenvalue weighted by Gasteiger charge is 2.08. The van der Waals surface area contributed by atoms with E-state index in [1.165, 1.54) is 0 Å². The first kappa shape index (κ1) is 11.7. The third kappa shape index (κ3) is 3.69. The van der Waals surface area contributed by atoms with Crippen molar-refractivity contribution >= 4 is 5.97 Å². The van der Waals surface area contributed by atoms with E-state index in [4.69, 9.17) is 15.3 Å². The van der Waals surface area contributed by atoms with Gasteiger partial charge in [-0.2, -0.15) is 0 Å². The van der Waals surface area contributed by atoms with Crippen LogP contribution in [0, 0.1) is 0 Å². The first-order chi connectivity index (χ1) is 7.11. The summed E-state index contributed by atoms with van der Waals surface area (Å²) in [5.74, 6) is -0.949. The third-order valence-electron chi connectivity index (χ3n) is 2.16.